The molecule has 0 spiro atoms. The average molecular weight is 352 g/mol. The Hall–Kier alpha value is -1.99. The number of benzene rings is 1. The van der Waals surface area contributed by atoms with Crippen molar-refractivity contribution in [2.75, 3.05) is 24.5 Å². The zero-order chi connectivity index (χ0) is 15.8. The number of hydrogen-bond donors (Lipinski definition) is 1. The Morgan fingerprint density at radius 1 is 1.29 bits per heavy atom. The van der Waals surface area contributed by atoms with Crippen LogP contribution in [0.25, 0.3) is 0 Å². The monoisotopic (exact) mass is 351 g/mol. The van der Waals surface area contributed by atoms with E-state index in [0.717, 1.165) is 37.9 Å². The third-order valence-corrected chi connectivity index (χ3v) is 4.60. The molecular weight excluding hydrogens is 333 g/mol. The standard InChI is InChI=1S/C16H18FN5O.ClH/c17-12-2-1-11-5-8-21(15(11)9-12)16(23)14-10-22(20-19-14)13-3-6-18-7-4-13;/h1-2,9-10,13,18H,3-8H2;1H. The van der Waals surface area contributed by atoms with E-state index in [0.29, 0.717) is 17.9 Å². The van der Waals surface area contributed by atoms with Gasteiger partial charge in [-0.2, -0.15) is 0 Å². The van der Waals surface area contributed by atoms with Crippen LogP contribution in [0.2, 0.25) is 0 Å². The maximum atomic E-state index is 13.5. The summed E-state index contributed by atoms with van der Waals surface area (Å²) in [5.41, 5.74) is 1.96. The van der Waals surface area contributed by atoms with Crippen molar-refractivity contribution in [2.45, 2.75) is 25.3 Å². The lowest BCUT2D eigenvalue weighted by Gasteiger charge is -2.22. The largest absolute Gasteiger partial charge is 0.317 e. The summed E-state index contributed by atoms with van der Waals surface area (Å²) < 4.78 is 15.3. The first kappa shape index (κ1) is 16.9. The quantitative estimate of drug-likeness (QED) is 0.898. The minimum Gasteiger partial charge on any atom is -0.317 e. The molecule has 1 fully saturated rings. The van der Waals surface area contributed by atoms with Crippen LogP contribution in [-0.4, -0.2) is 40.5 Å². The Morgan fingerprint density at radius 2 is 2.08 bits per heavy atom. The second kappa shape index (κ2) is 6.86. The molecule has 3 heterocycles. The van der Waals surface area contributed by atoms with Crippen LogP contribution in [0.5, 0.6) is 0 Å². The number of fused-ring (bicyclic) bond motifs is 1. The molecule has 0 atom stereocenters. The van der Waals surface area contributed by atoms with Crippen LogP contribution in [0.15, 0.2) is 24.4 Å². The Bertz CT molecular complexity index is 744. The summed E-state index contributed by atoms with van der Waals surface area (Å²) in [6.07, 6.45) is 4.42. The highest BCUT2D eigenvalue weighted by atomic mass is 35.5. The highest BCUT2D eigenvalue weighted by molar-refractivity contribution is 6.05. The number of amides is 1. The third kappa shape index (κ3) is 3.01. The van der Waals surface area contributed by atoms with E-state index < -0.39 is 0 Å². The lowest BCUT2D eigenvalue weighted by molar-refractivity contribution is 0.0984. The van der Waals surface area contributed by atoms with Gasteiger partial charge in [-0.15, -0.1) is 17.5 Å². The second-order valence-electron chi connectivity index (χ2n) is 6.04. The van der Waals surface area contributed by atoms with Gasteiger partial charge in [0, 0.05) is 6.54 Å². The fraction of sp³-hybridized carbons (Fsp3) is 0.438. The number of anilines is 1. The van der Waals surface area contributed by atoms with E-state index in [9.17, 15) is 9.18 Å². The molecule has 1 amide bonds. The Labute approximate surface area is 145 Å². The van der Waals surface area contributed by atoms with Crippen LogP contribution in [0, 0.1) is 5.82 Å². The predicted octanol–water partition coefficient (Wildman–Crippen LogP) is 1.97. The molecule has 2 aromatic rings. The van der Waals surface area contributed by atoms with Crippen LogP contribution in [-0.2, 0) is 6.42 Å². The number of hydrogen-bond acceptors (Lipinski definition) is 4. The minimum atomic E-state index is -0.332. The number of nitrogens with zero attached hydrogens (tertiary/aromatic N) is 4. The van der Waals surface area contributed by atoms with E-state index in [4.69, 9.17) is 0 Å². The van der Waals surface area contributed by atoms with Gasteiger partial charge in [0.05, 0.1) is 17.9 Å². The number of nitrogens with one attached hydrogen (secondary N) is 1. The van der Waals surface area contributed by atoms with Crippen molar-refractivity contribution >= 4 is 24.0 Å². The van der Waals surface area contributed by atoms with Crippen LogP contribution in [0.1, 0.15) is 34.9 Å². The van der Waals surface area contributed by atoms with Gasteiger partial charge in [-0.1, -0.05) is 11.3 Å². The van der Waals surface area contributed by atoms with E-state index in [1.54, 1.807) is 21.8 Å². The molecule has 4 rings (SSSR count). The summed E-state index contributed by atoms with van der Waals surface area (Å²) in [6, 6.07) is 4.87. The highest BCUT2D eigenvalue weighted by Crippen LogP contribution is 2.30. The number of rotatable bonds is 2. The number of halogens is 2. The maximum Gasteiger partial charge on any atom is 0.280 e. The summed E-state index contributed by atoms with van der Waals surface area (Å²) >= 11 is 0. The molecule has 2 aliphatic heterocycles. The van der Waals surface area contributed by atoms with Crippen LogP contribution < -0.4 is 10.2 Å². The average Bonchev–Trinajstić information content (AvgIpc) is 3.22. The molecule has 128 valence electrons. The Balaban J connectivity index is 0.00000169. The van der Waals surface area contributed by atoms with Crippen molar-refractivity contribution in [1.82, 2.24) is 20.3 Å². The van der Waals surface area contributed by atoms with Crippen molar-refractivity contribution in [3.8, 4) is 0 Å². The topological polar surface area (TPSA) is 63.1 Å². The summed E-state index contributed by atoms with van der Waals surface area (Å²) in [5, 5.41) is 11.5. The van der Waals surface area contributed by atoms with Gasteiger partial charge in [-0.05, 0) is 50.0 Å². The summed E-state index contributed by atoms with van der Waals surface area (Å²) in [6.45, 7) is 2.46. The molecule has 1 saturated heterocycles. The van der Waals surface area contributed by atoms with E-state index >= 15 is 0 Å². The summed E-state index contributed by atoms with van der Waals surface area (Å²) in [4.78, 5) is 14.3. The zero-order valence-electron chi connectivity index (χ0n) is 13.1. The van der Waals surface area contributed by atoms with Gasteiger partial charge in [0.1, 0.15) is 5.82 Å². The molecule has 0 unspecified atom stereocenters. The fourth-order valence-corrected chi connectivity index (χ4v) is 3.33. The molecule has 6 nitrogen and oxygen atoms in total. The molecule has 1 aromatic carbocycles. The van der Waals surface area contributed by atoms with E-state index in [1.807, 2.05) is 0 Å². The highest BCUT2D eigenvalue weighted by Gasteiger charge is 2.28. The molecule has 2 aliphatic rings. The van der Waals surface area contributed by atoms with Crippen LogP contribution in [0.3, 0.4) is 0 Å². The van der Waals surface area contributed by atoms with Gasteiger partial charge < -0.3 is 10.2 Å². The number of aromatic nitrogens is 3. The number of carbonyl (C=O) groups excluding carboxylic acids is 1. The molecular formula is C16H19ClFN5O. The van der Waals surface area contributed by atoms with Gasteiger partial charge >= 0.3 is 0 Å². The molecule has 24 heavy (non-hydrogen) atoms. The van der Waals surface area contributed by atoms with Crippen molar-refractivity contribution in [3.63, 3.8) is 0 Å². The third-order valence-electron chi connectivity index (χ3n) is 4.60. The predicted molar refractivity (Wildman–Crippen MR) is 90.2 cm³/mol. The Morgan fingerprint density at radius 3 is 2.88 bits per heavy atom. The van der Waals surface area contributed by atoms with Gasteiger partial charge in [0.25, 0.3) is 5.91 Å². The molecule has 0 radical (unpaired) electrons. The van der Waals surface area contributed by atoms with Crippen LogP contribution >= 0.6 is 12.4 Å². The summed E-state index contributed by atoms with van der Waals surface area (Å²) in [5.74, 6) is -0.545. The second-order valence-corrected chi connectivity index (χ2v) is 6.04. The maximum absolute atomic E-state index is 13.5. The Kier molecular flexibility index (Phi) is 4.82. The van der Waals surface area contributed by atoms with Gasteiger partial charge in [-0.3, -0.25) is 4.79 Å². The zero-order valence-corrected chi connectivity index (χ0v) is 13.9. The van der Waals surface area contributed by atoms with Gasteiger partial charge in [0.2, 0.25) is 0 Å². The first-order chi connectivity index (χ1) is 11.2. The SMILES string of the molecule is Cl.O=C(c1cn(C2CCNCC2)nn1)N1CCc2ccc(F)cc21. The van der Waals surface area contributed by atoms with Gasteiger partial charge in [0.15, 0.2) is 5.69 Å². The first-order valence-electron chi connectivity index (χ1n) is 7.95. The van der Waals surface area contributed by atoms with Crippen molar-refractivity contribution < 1.29 is 9.18 Å². The molecule has 1 aromatic heterocycles. The van der Waals surface area contributed by atoms with E-state index in [1.165, 1.54) is 12.1 Å². The number of carbonyl (C=O) groups is 1. The van der Waals surface area contributed by atoms with Crippen LogP contribution in [0.4, 0.5) is 10.1 Å². The van der Waals surface area contributed by atoms with Crippen molar-refractivity contribution in [2.24, 2.45) is 0 Å². The molecule has 0 aliphatic carbocycles. The molecule has 8 heteroatoms. The molecule has 0 bridgehead atoms. The van der Waals surface area contributed by atoms with E-state index in [-0.39, 0.29) is 30.2 Å². The lowest BCUT2D eigenvalue weighted by atomic mass is 10.1. The number of piperidine rings is 1. The van der Waals surface area contributed by atoms with Crippen molar-refractivity contribution in [3.05, 3.63) is 41.5 Å². The van der Waals surface area contributed by atoms with Crippen molar-refractivity contribution in [1.29, 1.82) is 0 Å². The smallest absolute Gasteiger partial charge is 0.280 e. The minimum absolute atomic E-state index is 0. The normalized spacial score (nSPS) is 17.5. The first-order valence-corrected chi connectivity index (χ1v) is 7.95. The molecule has 1 N–H and O–H groups in total. The lowest BCUT2D eigenvalue weighted by Crippen LogP contribution is -2.30. The fourth-order valence-electron chi connectivity index (χ4n) is 3.33. The molecule has 0 saturated carbocycles. The van der Waals surface area contributed by atoms with E-state index in [2.05, 4.69) is 15.6 Å². The van der Waals surface area contributed by atoms with Gasteiger partial charge in [-0.25, -0.2) is 9.07 Å². The summed E-state index contributed by atoms with van der Waals surface area (Å²) in [7, 11) is 0.